The van der Waals surface area contributed by atoms with Crippen molar-refractivity contribution in [3.8, 4) is 5.75 Å². The van der Waals surface area contributed by atoms with E-state index in [2.05, 4.69) is 20.5 Å². The van der Waals surface area contributed by atoms with E-state index in [1.54, 1.807) is 16.8 Å². The average molecular weight is 471 g/mol. The Bertz CT molecular complexity index is 1530. The second-order valence-corrected chi connectivity index (χ2v) is 8.77. The van der Waals surface area contributed by atoms with Crippen LogP contribution in [0.25, 0.3) is 16.4 Å². The number of carbonyl (C=O) groups excluding carboxylic acids is 1. The Labute approximate surface area is 200 Å². The van der Waals surface area contributed by atoms with Gasteiger partial charge in [0.05, 0.1) is 24.4 Å². The Morgan fingerprint density at radius 3 is 2.83 bits per heavy atom. The Hall–Kier alpha value is -4.27. The molecule has 1 N–H and O–H groups in total. The number of Topliss-reactive ketones (excluding diaryl/α,β-unsaturated/α-hetero) is 1. The van der Waals surface area contributed by atoms with E-state index in [4.69, 9.17) is 4.74 Å². The lowest BCUT2D eigenvalue weighted by Gasteiger charge is -2.22. The van der Waals surface area contributed by atoms with Crippen molar-refractivity contribution in [3.05, 3.63) is 78.6 Å². The number of ether oxygens (including phenoxy) is 1. The van der Waals surface area contributed by atoms with E-state index >= 15 is 0 Å². The van der Waals surface area contributed by atoms with Crippen molar-refractivity contribution in [2.24, 2.45) is 0 Å². The fraction of sp³-hybridized carbons (Fsp3) is 0.231. The number of ketones is 1. The SMILES string of the molecule is O=C1CCC(Oc2ccn3ncnc(Nc4ccc5c(cnn5Cc5cccc(F)c5)c4)c23)CC1. The zero-order valence-electron chi connectivity index (χ0n) is 18.9. The summed E-state index contributed by atoms with van der Waals surface area (Å²) >= 11 is 0. The van der Waals surface area contributed by atoms with Crippen LogP contribution in [0.15, 0.2) is 67.3 Å². The van der Waals surface area contributed by atoms with Gasteiger partial charge in [0.25, 0.3) is 0 Å². The highest BCUT2D eigenvalue weighted by Gasteiger charge is 2.22. The summed E-state index contributed by atoms with van der Waals surface area (Å²) in [6.45, 7) is 0.484. The van der Waals surface area contributed by atoms with Gasteiger partial charge in [-0.25, -0.2) is 13.9 Å². The van der Waals surface area contributed by atoms with Gasteiger partial charge in [0.15, 0.2) is 11.6 Å². The first kappa shape index (κ1) is 21.3. The molecular formula is C26H23FN6O2. The molecule has 0 amide bonds. The van der Waals surface area contributed by atoms with Gasteiger partial charge in [-0.15, -0.1) is 0 Å². The number of halogens is 1. The molecule has 8 nitrogen and oxygen atoms in total. The Morgan fingerprint density at radius 1 is 1.09 bits per heavy atom. The molecule has 1 aliphatic carbocycles. The molecule has 0 spiro atoms. The van der Waals surface area contributed by atoms with E-state index in [-0.39, 0.29) is 11.9 Å². The summed E-state index contributed by atoms with van der Waals surface area (Å²) in [6.07, 6.45) is 7.71. The molecule has 0 aliphatic heterocycles. The molecule has 1 aliphatic rings. The van der Waals surface area contributed by atoms with Crippen LogP contribution < -0.4 is 10.1 Å². The second-order valence-electron chi connectivity index (χ2n) is 8.77. The van der Waals surface area contributed by atoms with E-state index in [0.29, 0.717) is 36.7 Å². The van der Waals surface area contributed by atoms with Gasteiger partial charge in [-0.05, 0) is 48.7 Å². The van der Waals surface area contributed by atoms with Crippen molar-refractivity contribution in [3.63, 3.8) is 0 Å². The highest BCUT2D eigenvalue weighted by molar-refractivity contribution is 5.86. The van der Waals surface area contributed by atoms with Crippen LogP contribution in [0, 0.1) is 5.82 Å². The quantitative estimate of drug-likeness (QED) is 0.380. The Morgan fingerprint density at radius 2 is 1.97 bits per heavy atom. The van der Waals surface area contributed by atoms with Crippen molar-refractivity contribution in [2.45, 2.75) is 38.3 Å². The van der Waals surface area contributed by atoms with Crippen LogP contribution >= 0.6 is 0 Å². The van der Waals surface area contributed by atoms with E-state index < -0.39 is 0 Å². The molecule has 0 atom stereocenters. The first-order valence-corrected chi connectivity index (χ1v) is 11.6. The van der Waals surface area contributed by atoms with Crippen LogP contribution in [0.1, 0.15) is 31.2 Å². The molecule has 2 aromatic carbocycles. The van der Waals surface area contributed by atoms with Crippen molar-refractivity contribution < 1.29 is 13.9 Å². The third kappa shape index (κ3) is 4.32. The van der Waals surface area contributed by atoms with Crippen molar-refractivity contribution in [2.75, 3.05) is 5.32 Å². The number of hydrogen-bond donors (Lipinski definition) is 1. The highest BCUT2D eigenvalue weighted by Crippen LogP contribution is 2.32. The van der Waals surface area contributed by atoms with Gasteiger partial charge in [0.2, 0.25) is 0 Å². The molecule has 0 saturated heterocycles. The van der Waals surface area contributed by atoms with E-state index in [0.717, 1.165) is 40.5 Å². The van der Waals surface area contributed by atoms with E-state index in [9.17, 15) is 9.18 Å². The lowest BCUT2D eigenvalue weighted by atomic mass is 9.96. The maximum atomic E-state index is 13.6. The molecule has 9 heteroatoms. The molecule has 3 heterocycles. The van der Waals surface area contributed by atoms with Gasteiger partial charge < -0.3 is 10.1 Å². The molecule has 0 radical (unpaired) electrons. The smallest absolute Gasteiger partial charge is 0.162 e. The van der Waals surface area contributed by atoms with Crippen LogP contribution in [0.4, 0.5) is 15.9 Å². The van der Waals surface area contributed by atoms with Crippen LogP contribution in [-0.2, 0) is 11.3 Å². The number of hydrogen-bond acceptors (Lipinski definition) is 6. The standard InChI is InChI=1S/C26H23FN6O2/c27-19-3-1-2-17(12-19)15-33-23-9-4-20(13-18(23)14-29-33)31-26-25-24(10-11-32(25)30-16-28-26)35-22-7-5-21(34)6-8-22/h1-4,9-14,16,22H,5-8,15H2,(H,28,30,31). The molecule has 6 rings (SSSR count). The number of fused-ring (bicyclic) bond motifs is 2. The Balaban J connectivity index is 1.26. The minimum Gasteiger partial charge on any atom is -0.488 e. The molecule has 176 valence electrons. The predicted molar refractivity (Wildman–Crippen MR) is 129 cm³/mol. The normalized spacial score (nSPS) is 14.6. The topological polar surface area (TPSA) is 86.3 Å². The molecule has 1 saturated carbocycles. The lowest BCUT2D eigenvalue weighted by molar-refractivity contribution is -0.121. The van der Waals surface area contributed by atoms with Crippen LogP contribution in [-0.4, -0.2) is 36.3 Å². The lowest BCUT2D eigenvalue weighted by Crippen LogP contribution is -2.24. The van der Waals surface area contributed by atoms with Crippen molar-refractivity contribution in [1.29, 1.82) is 0 Å². The molecule has 0 unspecified atom stereocenters. The van der Waals surface area contributed by atoms with Crippen LogP contribution in [0.3, 0.4) is 0 Å². The number of rotatable bonds is 6. The first-order valence-electron chi connectivity index (χ1n) is 11.6. The Kier molecular flexibility index (Phi) is 5.36. The number of benzene rings is 2. The summed E-state index contributed by atoms with van der Waals surface area (Å²) in [7, 11) is 0. The largest absolute Gasteiger partial charge is 0.488 e. The summed E-state index contributed by atoms with van der Waals surface area (Å²) < 4.78 is 23.4. The summed E-state index contributed by atoms with van der Waals surface area (Å²) in [5.41, 5.74) is 3.39. The molecular weight excluding hydrogens is 447 g/mol. The van der Waals surface area contributed by atoms with Gasteiger partial charge in [-0.2, -0.15) is 10.2 Å². The van der Waals surface area contributed by atoms with E-state index in [1.165, 1.54) is 18.5 Å². The number of anilines is 2. The maximum absolute atomic E-state index is 13.6. The minimum absolute atomic E-state index is 0.00670. The fourth-order valence-electron chi connectivity index (χ4n) is 4.56. The van der Waals surface area contributed by atoms with Crippen molar-refractivity contribution >= 4 is 33.7 Å². The van der Waals surface area contributed by atoms with Gasteiger partial charge in [0.1, 0.15) is 23.4 Å². The predicted octanol–water partition coefficient (Wildman–Crippen LogP) is 4.90. The molecule has 1 fully saturated rings. The zero-order valence-corrected chi connectivity index (χ0v) is 18.9. The summed E-state index contributed by atoms with van der Waals surface area (Å²) in [5, 5.41) is 13.1. The van der Waals surface area contributed by atoms with Crippen LogP contribution in [0.2, 0.25) is 0 Å². The van der Waals surface area contributed by atoms with Crippen LogP contribution in [0.5, 0.6) is 5.75 Å². The molecule has 35 heavy (non-hydrogen) atoms. The van der Waals surface area contributed by atoms with Gasteiger partial charge >= 0.3 is 0 Å². The number of aromatic nitrogens is 5. The monoisotopic (exact) mass is 470 g/mol. The molecule has 0 bridgehead atoms. The van der Waals surface area contributed by atoms with Gasteiger partial charge in [0, 0.05) is 36.2 Å². The maximum Gasteiger partial charge on any atom is 0.162 e. The minimum atomic E-state index is -0.257. The average Bonchev–Trinajstić information content (AvgIpc) is 3.45. The second kappa shape index (κ2) is 8.83. The first-order chi connectivity index (χ1) is 17.1. The van der Waals surface area contributed by atoms with Crippen molar-refractivity contribution in [1.82, 2.24) is 24.4 Å². The number of nitrogens with zero attached hydrogens (tertiary/aromatic N) is 5. The third-order valence-corrected chi connectivity index (χ3v) is 6.33. The summed E-state index contributed by atoms with van der Waals surface area (Å²) in [5.74, 6) is 1.36. The number of carbonyl (C=O) groups is 1. The van der Waals surface area contributed by atoms with Gasteiger partial charge in [-0.1, -0.05) is 12.1 Å². The summed E-state index contributed by atoms with van der Waals surface area (Å²) in [6, 6.07) is 14.4. The van der Waals surface area contributed by atoms with Gasteiger partial charge in [-0.3, -0.25) is 9.48 Å². The summed E-state index contributed by atoms with van der Waals surface area (Å²) in [4.78, 5) is 16.0. The van der Waals surface area contributed by atoms with E-state index in [1.807, 2.05) is 41.2 Å². The molecule has 5 aromatic rings. The zero-order chi connectivity index (χ0) is 23.8. The fourth-order valence-corrected chi connectivity index (χ4v) is 4.56. The highest BCUT2D eigenvalue weighted by atomic mass is 19.1. The molecule has 3 aromatic heterocycles. The third-order valence-electron chi connectivity index (χ3n) is 6.33. The number of nitrogens with one attached hydrogen (secondary N) is 1.